The summed E-state index contributed by atoms with van der Waals surface area (Å²) < 4.78 is 0. The first kappa shape index (κ1) is 19.0. The molecular formula is C19H17ClN4O2S2. The molecule has 2 amide bonds. The standard InChI is InChI=1S/C19H17ClN4O2S2/c20-12-4-1-5-13(10-12)21-17(26)19-23-22-18(28-19)15-7-2-8-24(15)16(25)11-14-6-3-9-27-14/h1,3-6,9-10,15H,2,7-8,11H2,(H,21,26)/t15-/m0/s1. The number of likely N-dealkylation sites (tertiary alicyclic amines) is 1. The van der Waals surface area contributed by atoms with Gasteiger partial charge in [0, 0.05) is 22.1 Å². The Balaban J connectivity index is 1.45. The number of halogens is 1. The number of aromatic nitrogens is 2. The van der Waals surface area contributed by atoms with Crippen molar-refractivity contribution in [3.8, 4) is 0 Å². The Bertz CT molecular complexity index is 990. The number of nitrogens with zero attached hydrogens (tertiary/aromatic N) is 3. The normalized spacial score (nSPS) is 16.3. The van der Waals surface area contributed by atoms with Crippen LogP contribution in [0.5, 0.6) is 0 Å². The summed E-state index contributed by atoms with van der Waals surface area (Å²) in [6.07, 6.45) is 2.15. The molecule has 3 aromatic rings. The molecule has 0 spiro atoms. The largest absolute Gasteiger partial charge is 0.333 e. The summed E-state index contributed by atoms with van der Waals surface area (Å²) in [5, 5.41) is 14.5. The molecule has 6 nitrogen and oxygen atoms in total. The van der Waals surface area contributed by atoms with Gasteiger partial charge in [0.15, 0.2) is 0 Å². The van der Waals surface area contributed by atoms with Crippen LogP contribution in [-0.2, 0) is 11.2 Å². The van der Waals surface area contributed by atoms with E-state index in [1.807, 2.05) is 22.4 Å². The maximum Gasteiger partial charge on any atom is 0.286 e. The topological polar surface area (TPSA) is 75.2 Å². The molecule has 1 aromatic carbocycles. The zero-order valence-corrected chi connectivity index (χ0v) is 17.2. The molecule has 9 heteroatoms. The summed E-state index contributed by atoms with van der Waals surface area (Å²) >= 11 is 8.76. The summed E-state index contributed by atoms with van der Waals surface area (Å²) in [5.74, 6) is -0.245. The fourth-order valence-corrected chi connectivity index (χ4v) is 4.97. The number of rotatable bonds is 5. The number of hydrogen-bond acceptors (Lipinski definition) is 6. The Hall–Kier alpha value is -2.29. The number of nitrogens with one attached hydrogen (secondary N) is 1. The van der Waals surface area contributed by atoms with Gasteiger partial charge >= 0.3 is 0 Å². The van der Waals surface area contributed by atoms with Gasteiger partial charge in [0.2, 0.25) is 10.9 Å². The molecular weight excluding hydrogens is 416 g/mol. The van der Waals surface area contributed by atoms with Gasteiger partial charge in [-0.25, -0.2) is 0 Å². The summed E-state index contributed by atoms with van der Waals surface area (Å²) in [6.45, 7) is 0.707. The minimum atomic E-state index is -0.333. The van der Waals surface area contributed by atoms with Crippen LogP contribution in [0.15, 0.2) is 41.8 Å². The van der Waals surface area contributed by atoms with E-state index in [0.29, 0.717) is 28.7 Å². The molecule has 1 saturated heterocycles. The van der Waals surface area contributed by atoms with Gasteiger partial charge < -0.3 is 10.2 Å². The Kier molecular flexibility index (Phi) is 5.70. The average molecular weight is 433 g/mol. The van der Waals surface area contributed by atoms with E-state index in [1.54, 1.807) is 35.6 Å². The van der Waals surface area contributed by atoms with E-state index in [0.717, 1.165) is 17.7 Å². The van der Waals surface area contributed by atoms with E-state index in [2.05, 4.69) is 15.5 Å². The molecule has 2 aromatic heterocycles. The van der Waals surface area contributed by atoms with Crippen LogP contribution in [0.1, 0.15) is 38.6 Å². The second kappa shape index (κ2) is 8.38. The first-order valence-electron chi connectivity index (χ1n) is 8.82. The van der Waals surface area contributed by atoms with Crippen LogP contribution in [0.25, 0.3) is 0 Å². The summed E-state index contributed by atoms with van der Waals surface area (Å²) in [4.78, 5) is 28.1. The van der Waals surface area contributed by atoms with Gasteiger partial charge in [0.25, 0.3) is 5.91 Å². The summed E-state index contributed by atoms with van der Waals surface area (Å²) in [7, 11) is 0. The number of carbonyl (C=O) groups excluding carboxylic acids is 2. The minimum Gasteiger partial charge on any atom is -0.333 e. The minimum absolute atomic E-state index is 0.0880. The van der Waals surface area contributed by atoms with Gasteiger partial charge in [-0.05, 0) is 42.5 Å². The maximum atomic E-state index is 12.7. The highest BCUT2D eigenvalue weighted by Crippen LogP contribution is 2.34. The van der Waals surface area contributed by atoms with Crippen molar-refractivity contribution in [1.82, 2.24) is 15.1 Å². The number of amides is 2. The lowest BCUT2D eigenvalue weighted by Crippen LogP contribution is -2.31. The highest BCUT2D eigenvalue weighted by Gasteiger charge is 2.33. The molecule has 0 unspecified atom stereocenters. The van der Waals surface area contributed by atoms with Crippen molar-refractivity contribution in [2.75, 3.05) is 11.9 Å². The fraction of sp³-hybridized carbons (Fsp3) is 0.263. The summed E-state index contributed by atoms with van der Waals surface area (Å²) in [5.41, 5.74) is 0.600. The van der Waals surface area contributed by atoms with Crippen molar-refractivity contribution < 1.29 is 9.59 Å². The lowest BCUT2D eigenvalue weighted by Gasteiger charge is -2.22. The van der Waals surface area contributed by atoms with Gasteiger partial charge in [0.1, 0.15) is 5.01 Å². The van der Waals surface area contributed by atoms with Crippen LogP contribution in [0, 0.1) is 0 Å². The highest BCUT2D eigenvalue weighted by atomic mass is 35.5. The Morgan fingerprint density at radius 3 is 2.93 bits per heavy atom. The third-order valence-corrected chi connectivity index (χ3v) is 6.62. The molecule has 0 aliphatic carbocycles. The van der Waals surface area contributed by atoms with Crippen molar-refractivity contribution in [1.29, 1.82) is 0 Å². The lowest BCUT2D eigenvalue weighted by molar-refractivity contribution is -0.131. The van der Waals surface area contributed by atoms with Gasteiger partial charge in [0.05, 0.1) is 12.5 Å². The average Bonchev–Trinajstić information content (AvgIpc) is 3.42. The van der Waals surface area contributed by atoms with Crippen molar-refractivity contribution in [3.63, 3.8) is 0 Å². The van der Waals surface area contributed by atoms with Crippen LogP contribution in [0.4, 0.5) is 5.69 Å². The van der Waals surface area contributed by atoms with Crippen LogP contribution >= 0.6 is 34.3 Å². The predicted molar refractivity (Wildman–Crippen MR) is 111 cm³/mol. The van der Waals surface area contributed by atoms with Crippen molar-refractivity contribution in [2.24, 2.45) is 0 Å². The smallest absolute Gasteiger partial charge is 0.286 e. The van der Waals surface area contributed by atoms with E-state index in [1.165, 1.54) is 11.3 Å². The van der Waals surface area contributed by atoms with Gasteiger partial charge in [-0.1, -0.05) is 35.1 Å². The number of hydrogen-bond donors (Lipinski definition) is 1. The molecule has 1 aliphatic heterocycles. The quantitative estimate of drug-likeness (QED) is 0.647. The Morgan fingerprint density at radius 2 is 2.14 bits per heavy atom. The second-order valence-electron chi connectivity index (χ2n) is 6.41. The third kappa shape index (κ3) is 4.24. The molecule has 0 bridgehead atoms. The highest BCUT2D eigenvalue weighted by molar-refractivity contribution is 7.13. The van der Waals surface area contributed by atoms with E-state index >= 15 is 0 Å². The first-order valence-corrected chi connectivity index (χ1v) is 10.9. The SMILES string of the molecule is O=C(Nc1cccc(Cl)c1)c1nnc([C@@H]2CCCN2C(=O)Cc2cccs2)s1. The van der Waals surface area contributed by atoms with Crippen LogP contribution in [0.2, 0.25) is 5.02 Å². The Labute approximate surface area is 175 Å². The molecule has 1 N–H and O–H groups in total. The fourth-order valence-electron chi connectivity index (χ4n) is 3.20. The van der Waals surface area contributed by atoms with Crippen LogP contribution in [-0.4, -0.2) is 33.5 Å². The molecule has 1 aliphatic rings. The first-order chi connectivity index (χ1) is 13.6. The van der Waals surface area contributed by atoms with Crippen molar-refractivity contribution >= 4 is 51.8 Å². The van der Waals surface area contributed by atoms with E-state index < -0.39 is 0 Å². The molecule has 0 saturated carbocycles. The Morgan fingerprint density at radius 1 is 1.25 bits per heavy atom. The lowest BCUT2D eigenvalue weighted by atomic mass is 10.2. The van der Waals surface area contributed by atoms with Crippen LogP contribution < -0.4 is 5.32 Å². The van der Waals surface area contributed by atoms with E-state index in [-0.39, 0.29) is 22.9 Å². The molecule has 4 rings (SSSR count). The number of benzene rings is 1. The van der Waals surface area contributed by atoms with E-state index in [9.17, 15) is 9.59 Å². The van der Waals surface area contributed by atoms with Gasteiger partial charge in [-0.3, -0.25) is 9.59 Å². The zero-order chi connectivity index (χ0) is 19.5. The van der Waals surface area contributed by atoms with Gasteiger partial charge in [-0.15, -0.1) is 21.5 Å². The number of anilines is 1. The maximum absolute atomic E-state index is 12.7. The number of carbonyl (C=O) groups is 2. The van der Waals surface area contributed by atoms with Crippen molar-refractivity contribution in [3.05, 3.63) is 61.7 Å². The van der Waals surface area contributed by atoms with E-state index in [4.69, 9.17) is 11.6 Å². The monoisotopic (exact) mass is 432 g/mol. The predicted octanol–water partition coefficient (Wildman–Crippen LogP) is 4.41. The molecule has 28 heavy (non-hydrogen) atoms. The molecule has 3 heterocycles. The zero-order valence-electron chi connectivity index (χ0n) is 14.8. The van der Waals surface area contributed by atoms with Crippen LogP contribution in [0.3, 0.4) is 0 Å². The molecule has 0 radical (unpaired) electrons. The third-order valence-electron chi connectivity index (χ3n) is 4.48. The van der Waals surface area contributed by atoms with Gasteiger partial charge in [-0.2, -0.15) is 0 Å². The molecule has 1 fully saturated rings. The molecule has 144 valence electrons. The second-order valence-corrected chi connectivity index (χ2v) is 8.89. The number of thiophene rings is 1. The summed E-state index contributed by atoms with van der Waals surface area (Å²) in [6, 6.07) is 10.7. The molecule has 1 atom stereocenters. The van der Waals surface area contributed by atoms with Crippen molar-refractivity contribution in [2.45, 2.75) is 25.3 Å².